The summed E-state index contributed by atoms with van der Waals surface area (Å²) < 4.78 is 0. The average molecular weight is 138 g/mol. The van der Waals surface area contributed by atoms with Gasteiger partial charge in [-0.25, -0.2) is 0 Å². The zero-order valence-corrected chi connectivity index (χ0v) is 6.89. The van der Waals surface area contributed by atoms with Gasteiger partial charge in [-0.15, -0.1) is 0 Å². The molecule has 56 valence electrons. The Morgan fingerprint density at radius 2 is 2.20 bits per heavy atom. The van der Waals surface area contributed by atoms with Crippen molar-refractivity contribution in [3.05, 3.63) is 11.8 Å². The fourth-order valence-corrected chi connectivity index (χ4v) is 0.730. The Morgan fingerprint density at radius 3 is 2.50 bits per heavy atom. The molecule has 0 unspecified atom stereocenters. The number of allylic oxidation sites excluding steroid dienone is 1. The number of hydrogen-bond donors (Lipinski definition) is 0. The molecule has 0 aliphatic heterocycles. The molecule has 0 spiro atoms. The Balaban J connectivity index is 3.95. The molecule has 0 aliphatic carbocycles. The lowest BCUT2D eigenvalue weighted by Gasteiger charge is -2.04. The van der Waals surface area contributed by atoms with Crippen LogP contribution in [0.2, 0.25) is 0 Å². The zero-order chi connectivity index (χ0) is 7.98. The largest absolute Gasteiger partial charge is 0.383 e. The molecule has 0 saturated carbocycles. The van der Waals surface area contributed by atoms with Crippen molar-refractivity contribution in [2.24, 2.45) is 0 Å². The van der Waals surface area contributed by atoms with Crippen molar-refractivity contribution < 1.29 is 0 Å². The van der Waals surface area contributed by atoms with Crippen molar-refractivity contribution in [2.45, 2.75) is 19.8 Å². The summed E-state index contributed by atoms with van der Waals surface area (Å²) >= 11 is 0. The summed E-state index contributed by atoms with van der Waals surface area (Å²) in [5, 5.41) is 8.56. The quantitative estimate of drug-likeness (QED) is 0.555. The first-order valence-electron chi connectivity index (χ1n) is 3.48. The topological polar surface area (TPSA) is 27.0 Å². The highest BCUT2D eigenvalue weighted by Crippen LogP contribution is 2.02. The number of hydrogen-bond acceptors (Lipinski definition) is 2. The highest BCUT2D eigenvalue weighted by Gasteiger charge is 1.92. The van der Waals surface area contributed by atoms with Gasteiger partial charge in [-0.3, -0.25) is 0 Å². The lowest BCUT2D eigenvalue weighted by atomic mass is 10.2. The number of nitrogens with zero attached hydrogens (tertiary/aromatic N) is 2. The smallest absolute Gasteiger partial charge is 0.0962 e. The van der Waals surface area contributed by atoms with E-state index in [0.717, 1.165) is 18.4 Å². The Hall–Kier alpha value is -0.970. The molecule has 10 heavy (non-hydrogen) atoms. The molecule has 0 aliphatic rings. The summed E-state index contributed by atoms with van der Waals surface area (Å²) in [6.45, 7) is 2.07. The van der Waals surface area contributed by atoms with Gasteiger partial charge in [0.2, 0.25) is 0 Å². The van der Waals surface area contributed by atoms with E-state index in [0.29, 0.717) is 0 Å². The SMILES string of the molecule is CCC/C(C#N)=C\N(C)C. The van der Waals surface area contributed by atoms with E-state index in [1.54, 1.807) is 0 Å². The van der Waals surface area contributed by atoms with E-state index in [4.69, 9.17) is 5.26 Å². The lowest BCUT2D eigenvalue weighted by Crippen LogP contribution is -2.02. The predicted octanol–water partition coefficient (Wildman–Crippen LogP) is 1.76. The van der Waals surface area contributed by atoms with E-state index in [1.165, 1.54) is 0 Å². The minimum absolute atomic E-state index is 0.854. The average Bonchev–Trinajstić information content (AvgIpc) is 1.86. The molecule has 0 heterocycles. The fourth-order valence-electron chi connectivity index (χ4n) is 0.730. The van der Waals surface area contributed by atoms with Crippen LogP contribution < -0.4 is 0 Å². The molecular weight excluding hydrogens is 124 g/mol. The molecule has 0 radical (unpaired) electrons. The Labute approximate surface area is 62.8 Å². The highest BCUT2D eigenvalue weighted by molar-refractivity contribution is 5.19. The molecular formula is C8H14N2. The van der Waals surface area contributed by atoms with Crippen LogP contribution in [0.3, 0.4) is 0 Å². The molecule has 0 aromatic rings. The molecule has 0 rings (SSSR count). The van der Waals surface area contributed by atoms with Crippen molar-refractivity contribution in [1.29, 1.82) is 5.26 Å². The molecule has 0 bridgehead atoms. The van der Waals surface area contributed by atoms with Gasteiger partial charge in [-0.1, -0.05) is 13.3 Å². The fraction of sp³-hybridized carbons (Fsp3) is 0.625. The van der Waals surface area contributed by atoms with E-state index in [-0.39, 0.29) is 0 Å². The van der Waals surface area contributed by atoms with Gasteiger partial charge < -0.3 is 4.90 Å². The van der Waals surface area contributed by atoms with Gasteiger partial charge in [-0.05, 0) is 6.42 Å². The minimum atomic E-state index is 0.854. The van der Waals surface area contributed by atoms with Gasteiger partial charge in [0.15, 0.2) is 0 Å². The van der Waals surface area contributed by atoms with Gasteiger partial charge in [0.05, 0.1) is 6.07 Å². The van der Waals surface area contributed by atoms with Crippen molar-refractivity contribution in [3.63, 3.8) is 0 Å². The Morgan fingerprint density at radius 1 is 1.60 bits per heavy atom. The molecule has 0 aromatic carbocycles. The first kappa shape index (κ1) is 9.03. The van der Waals surface area contributed by atoms with Gasteiger partial charge in [-0.2, -0.15) is 5.26 Å². The zero-order valence-electron chi connectivity index (χ0n) is 6.89. The van der Waals surface area contributed by atoms with Gasteiger partial charge in [0, 0.05) is 25.9 Å². The lowest BCUT2D eigenvalue weighted by molar-refractivity contribution is 0.557. The van der Waals surface area contributed by atoms with Crippen LogP contribution in [-0.4, -0.2) is 19.0 Å². The van der Waals surface area contributed by atoms with Crippen molar-refractivity contribution in [3.8, 4) is 6.07 Å². The van der Waals surface area contributed by atoms with Crippen LogP contribution >= 0.6 is 0 Å². The Kier molecular flexibility index (Phi) is 4.39. The second-order valence-corrected chi connectivity index (χ2v) is 2.48. The second kappa shape index (κ2) is 4.87. The maximum atomic E-state index is 8.56. The van der Waals surface area contributed by atoms with E-state index < -0.39 is 0 Å². The molecule has 0 saturated heterocycles. The molecule has 2 nitrogen and oxygen atoms in total. The van der Waals surface area contributed by atoms with E-state index in [1.807, 2.05) is 25.2 Å². The summed E-state index contributed by atoms with van der Waals surface area (Å²) in [5.41, 5.74) is 0.854. The summed E-state index contributed by atoms with van der Waals surface area (Å²) in [5.74, 6) is 0. The standard InChI is InChI=1S/C8H14N2/c1-4-5-8(6-9)7-10(2)3/h7H,4-5H2,1-3H3/b8-7+. The van der Waals surface area contributed by atoms with E-state index >= 15 is 0 Å². The van der Waals surface area contributed by atoms with Crippen molar-refractivity contribution in [1.82, 2.24) is 4.90 Å². The third kappa shape index (κ3) is 3.96. The van der Waals surface area contributed by atoms with Gasteiger partial charge in [0.25, 0.3) is 0 Å². The highest BCUT2D eigenvalue weighted by atomic mass is 15.0. The Bertz CT molecular complexity index is 151. The third-order valence-corrected chi connectivity index (χ3v) is 1.08. The van der Waals surface area contributed by atoms with Gasteiger partial charge >= 0.3 is 0 Å². The van der Waals surface area contributed by atoms with Gasteiger partial charge in [0.1, 0.15) is 0 Å². The van der Waals surface area contributed by atoms with Crippen LogP contribution in [0, 0.1) is 11.3 Å². The van der Waals surface area contributed by atoms with Crippen LogP contribution in [-0.2, 0) is 0 Å². The van der Waals surface area contributed by atoms with Crippen molar-refractivity contribution in [2.75, 3.05) is 14.1 Å². The molecule has 0 amide bonds. The normalized spacial score (nSPS) is 10.8. The van der Waals surface area contributed by atoms with Crippen LogP contribution in [0.25, 0.3) is 0 Å². The molecule has 0 fully saturated rings. The minimum Gasteiger partial charge on any atom is -0.383 e. The number of rotatable bonds is 3. The van der Waals surface area contributed by atoms with E-state index in [9.17, 15) is 0 Å². The summed E-state index contributed by atoms with van der Waals surface area (Å²) in [6.07, 6.45) is 3.78. The van der Waals surface area contributed by atoms with Crippen LogP contribution in [0.4, 0.5) is 0 Å². The van der Waals surface area contributed by atoms with Crippen LogP contribution in [0.1, 0.15) is 19.8 Å². The summed E-state index contributed by atoms with van der Waals surface area (Å²) in [7, 11) is 3.85. The monoisotopic (exact) mass is 138 g/mol. The molecule has 2 heteroatoms. The van der Waals surface area contributed by atoms with E-state index in [2.05, 4.69) is 13.0 Å². The first-order chi connectivity index (χ1) is 4.70. The molecule has 0 atom stereocenters. The summed E-state index contributed by atoms with van der Waals surface area (Å²) in [4.78, 5) is 1.90. The first-order valence-corrected chi connectivity index (χ1v) is 3.48. The summed E-state index contributed by atoms with van der Waals surface area (Å²) in [6, 6.07) is 2.15. The maximum Gasteiger partial charge on any atom is 0.0962 e. The molecule has 0 aromatic heterocycles. The van der Waals surface area contributed by atoms with Crippen LogP contribution in [0.5, 0.6) is 0 Å². The predicted molar refractivity (Wildman–Crippen MR) is 42.3 cm³/mol. The number of nitriles is 1. The third-order valence-electron chi connectivity index (χ3n) is 1.08. The van der Waals surface area contributed by atoms with Crippen LogP contribution in [0.15, 0.2) is 11.8 Å². The maximum absolute atomic E-state index is 8.56. The van der Waals surface area contributed by atoms with Crippen molar-refractivity contribution >= 4 is 0 Å². The second-order valence-electron chi connectivity index (χ2n) is 2.48. The molecule has 0 N–H and O–H groups in total.